The van der Waals surface area contributed by atoms with E-state index in [0.29, 0.717) is 6.54 Å². The SMILES string of the molecule is CCCCCNC(=O)NCC(C)(O)CC(=O)O. The molecule has 1 atom stereocenters. The lowest BCUT2D eigenvalue weighted by molar-refractivity contribution is -0.141. The van der Waals surface area contributed by atoms with Gasteiger partial charge in [-0.1, -0.05) is 19.8 Å². The van der Waals surface area contributed by atoms with Crippen molar-refractivity contribution in [3.05, 3.63) is 0 Å². The third-order valence-electron chi connectivity index (χ3n) is 2.23. The Labute approximate surface area is 101 Å². The van der Waals surface area contributed by atoms with Gasteiger partial charge in [-0.3, -0.25) is 4.79 Å². The second-order valence-electron chi connectivity index (χ2n) is 4.38. The van der Waals surface area contributed by atoms with Crippen molar-refractivity contribution in [1.29, 1.82) is 0 Å². The summed E-state index contributed by atoms with van der Waals surface area (Å²) in [4.78, 5) is 21.7. The number of carboxylic acids is 1. The summed E-state index contributed by atoms with van der Waals surface area (Å²) in [5, 5.41) is 23.2. The van der Waals surface area contributed by atoms with E-state index in [2.05, 4.69) is 17.6 Å². The van der Waals surface area contributed by atoms with Gasteiger partial charge in [0.25, 0.3) is 0 Å². The van der Waals surface area contributed by atoms with Gasteiger partial charge in [-0.2, -0.15) is 0 Å². The van der Waals surface area contributed by atoms with Crippen LogP contribution in [-0.4, -0.2) is 40.9 Å². The second-order valence-corrected chi connectivity index (χ2v) is 4.38. The maximum atomic E-state index is 11.3. The Balaban J connectivity index is 3.71. The highest BCUT2D eigenvalue weighted by Crippen LogP contribution is 2.06. The Morgan fingerprint density at radius 1 is 1.24 bits per heavy atom. The number of hydrogen-bond acceptors (Lipinski definition) is 3. The van der Waals surface area contributed by atoms with Gasteiger partial charge in [-0.05, 0) is 13.3 Å². The Morgan fingerprint density at radius 2 is 1.88 bits per heavy atom. The number of aliphatic hydroxyl groups is 1. The van der Waals surface area contributed by atoms with Crippen LogP contribution in [0.15, 0.2) is 0 Å². The van der Waals surface area contributed by atoms with Gasteiger partial charge < -0.3 is 20.8 Å². The first kappa shape index (κ1) is 15.7. The van der Waals surface area contributed by atoms with Crippen LogP contribution in [0, 0.1) is 0 Å². The maximum Gasteiger partial charge on any atom is 0.314 e. The molecule has 0 heterocycles. The Hall–Kier alpha value is -1.30. The zero-order chi connectivity index (χ0) is 13.3. The fraction of sp³-hybridized carbons (Fsp3) is 0.818. The minimum atomic E-state index is -1.42. The zero-order valence-electron chi connectivity index (χ0n) is 10.5. The summed E-state index contributed by atoms with van der Waals surface area (Å²) in [5.41, 5.74) is -1.42. The number of hydrogen-bond donors (Lipinski definition) is 4. The number of amides is 2. The third kappa shape index (κ3) is 9.62. The van der Waals surface area contributed by atoms with Gasteiger partial charge in [0.05, 0.1) is 12.0 Å². The molecule has 1 unspecified atom stereocenters. The van der Waals surface area contributed by atoms with Crippen LogP contribution in [-0.2, 0) is 4.79 Å². The summed E-state index contributed by atoms with van der Waals surface area (Å²) < 4.78 is 0. The first-order valence-electron chi connectivity index (χ1n) is 5.83. The van der Waals surface area contributed by atoms with Crippen LogP contribution in [0.3, 0.4) is 0 Å². The average Bonchev–Trinajstić information content (AvgIpc) is 2.20. The Bertz CT molecular complexity index is 254. The molecule has 4 N–H and O–H groups in total. The van der Waals surface area contributed by atoms with E-state index in [0.717, 1.165) is 19.3 Å². The van der Waals surface area contributed by atoms with E-state index in [1.807, 2.05) is 0 Å². The monoisotopic (exact) mass is 246 g/mol. The molecule has 0 fully saturated rings. The highest BCUT2D eigenvalue weighted by atomic mass is 16.4. The van der Waals surface area contributed by atoms with E-state index in [-0.39, 0.29) is 12.6 Å². The van der Waals surface area contributed by atoms with Crippen molar-refractivity contribution in [1.82, 2.24) is 10.6 Å². The largest absolute Gasteiger partial charge is 0.481 e. The van der Waals surface area contributed by atoms with Gasteiger partial charge in [0.1, 0.15) is 0 Å². The number of carbonyl (C=O) groups excluding carboxylic acids is 1. The first-order chi connectivity index (χ1) is 7.87. The van der Waals surface area contributed by atoms with E-state index in [1.54, 1.807) is 0 Å². The highest BCUT2D eigenvalue weighted by molar-refractivity contribution is 5.74. The van der Waals surface area contributed by atoms with Gasteiger partial charge in [-0.15, -0.1) is 0 Å². The van der Waals surface area contributed by atoms with Crippen molar-refractivity contribution in [2.75, 3.05) is 13.1 Å². The molecule has 0 rings (SSSR count). The van der Waals surface area contributed by atoms with Gasteiger partial charge in [0.15, 0.2) is 0 Å². The van der Waals surface area contributed by atoms with Crippen molar-refractivity contribution >= 4 is 12.0 Å². The number of urea groups is 1. The number of carboxylic acid groups (broad SMARTS) is 1. The molecule has 100 valence electrons. The van der Waals surface area contributed by atoms with E-state index < -0.39 is 18.0 Å². The molecule has 0 aliphatic carbocycles. The molecule has 0 aromatic rings. The fourth-order valence-corrected chi connectivity index (χ4v) is 1.30. The molecule has 6 heteroatoms. The van der Waals surface area contributed by atoms with Crippen LogP contribution in [0.2, 0.25) is 0 Å². The lowest BCUT2D eigenvalue weighted by atomic mass is 10.0. The molecule has 0 aromatic heterocycles. The van der Waals surface area contributed by atoms with Crippen LogP contribution in [0.4, 0.5) is 4.79 Å². The molecule has 0 spiro atoms. The summed E-state index contributed by atoms with van der Waals surface area (Å²) in [7, 11) is 0. The van der Waals surface area contributed by atoms with Crippen molar-refractivity contribution in [2.24, 2.45) is 0 Å². The van der Waals surface area contributed by atoms with Crippen molar-refractivity contribution in [3.63, 3.8) is 0 Å². The van der Waals surface area contributed by atoms with E-state index in [9.17, 15) is 14.7 Å². The summed E-state index contributed by atoms with van der Waals surface area (Å²) in [5.74, 6) is -1.10. The molecule has 17 heavy (non-hydrogen) atoms. The smallest absolute Gasteiger partial charge is 0.314 e. The summed E-state index contributed by atoms with van der Waals surface area (Å²) in [6.07, 6.45) is 2.65. The predicted octanol–water partition coefficient (Wildman–Crippen LogP) is 0.701. The molecule has 0 bridgehead atoms. The number of rotatable bonds is 8. The molecular weight excluding hydrogens is 224 g/mol. The van der Waals surface area contributed by atoms with Crippen molar-refractivity contribution in [2.45, 2.75) is 45.1 Å². The number of aliphatic carboxylic acids is 1. The molecule has 0 saturated carbocycles. The minimum absolute atomic E-state index is 0.0844. The van der Waals surface area contributed by atoms with E-state index in [4.69, 9.17) is 5.11 Å². The maximum absolute atomic E-state index is 11.3. The van der Waals surface area contributed by atoms with Gasteiger partial charge in [0.2, 0.25) is 0 Å². The predicted molar refractivity (Wildman–Crippen MR) is 63.8 cm³/mol. The standard InChI is InChI=1S/C11H22N2O4/c1-3-4-5-6-12-10(16)13-8-11(2,17)7-9(14)15/h17H,3-8H2,1-2H3,(H,14,15)(H2,12,13,16). The van der Waals surface area contributed by atoms with Crippen LogP contribution >= 0.6 is 0 Å². The molecule has 6 nitrogen and oxygen atoms in total. The first-order valence-corrected chi connectivity index (χ1v) is 5.83. The average molecular weight is 246 g/mol. The van der Waals surface area contributed by atoms with Gasteiger partial charge >= 0.3 is 12.0 Å². The zero-order valence-corrected chi connectivity index (χ0v) is 10.5. The van der Waals surface area contributed by atoms with Crippen LogP contribution in [0.25, 0.3) is 0 Å². The van der Waals surface area contributed by atoms with Gasteiger partial charge in [-0.25, -0.2) is 4.79 Å². The third-order valence-corrected chi connectivity index (χ3v) is 2.23. The van der Waals surface area contributed by atoms with Crippen LogP contribution in [0.1, 0.15) is 39.5 Å². The second kappa shape index (κ2) is 7.89. The molecular formula is C11H22N2O4. The molecule has 0 aromatic carbocycles. The normalized spacial score (nSPS) is 13.8. The van der Waals surface area contributed by atoms with E-state index in [1.165, 1.54) is 6.92 Å². The highest BCUT2D eigenvalue weighted by Gasteiger charge is 2.24. The molecule has 2 amide bonds. The number of unbranched alkanes of at least 4 members (excludes halogenated alkanes) is 2. The van der Waals surface area contributed by atoms with Crippen molar-refractivity contribution in [3.8, 4) is 0 Å². The summed E-state index contributed by atoms with van der Waals surface area (Å²) >= 11 is 0. The lowest BCUT2D eigenvalue weighted by Gasteiger charge is -2.21. The molecule has 0 radical (unpaired) electrons. The quantitative estimate of drug-likeness (QED) is 0.474. The molecule has 0 aliphatic rings. The molecule has 0 saturated heterocycles. The van der Waals surface area contributed by atoms with Crippen LogP contribution in [0.5, 0.6) is 0 Å². The number of carbonyl (C=O) groups is 2. The minimum Gasteiger partial charge on any atom is -0.481 e. The Morgan fingerprint density at radius 3 is 2.41 bits per heavy atom. The summed E-state index contributed by atoms with van der Waals surface area (Å²) in [6.45, 7) is 3.95. The van der Waals surface area contributed by atoms with E-state index >= 15 is 0 Å². The van der Waals surface area contributed by atoms with Crippen molar-refractivity contribution < 1.29 is 19.8 Å². The number of nitrogens with one attached hydrogen (secondary N) is 2. The lowest BCUT2D eigenvalue weighted by Crippen LogP contribution is -2.45. The summed E-state index contributed by atoms with van der Waals surface area (Å²) in [6, 6.07) is -0.383. The Kier molecular flexibility index (Phi) is 7.29. The van der Waals surface area contributed by atoms with Gasteiger partial charge in [0, 0.05) is 13.1 Å². The molecule has 0 aliphatic heterocycles. The fourth-order valence-electron chi connectivity index (χ4n) is 1.30. The topological polar surface area (TPSA) is 98.7 Å². The van der Waals surface area contributed by atoms with Crippen LogP contribution < -0.4 is 10.6 Å².